The van der Waals surface area contributed by atoms with Gasteiger partial charge in [-0.3, -0.25) is 4.98 Å². The second-order valence-corrected chi connectivity index (χ2v) is 9.69. The monoisotopic (exact) mass is 453 g/mol. The van der Waals surface area contributed by atoms with Crippen molar-refractivity contribution < 1.29 is 0 Å². The van der Waals surface area contributed by atoms with Crippen LogP contribution in [0.1, 0.15) is 30.5 Å². The molecule has 0 aliphatic carbocycles. The van der Waals surface area contributed by atoms with E-state index in [-0.39, 0.29) is 0 Å². The van der Waals surface area contributed by atoms with E-state index in [4.69, 9.17) is 11.6 Å². The number of nitrogens with one attached hydrogen (secondary N) is 1. The Balaban J connectivity index is 1.18. The third kappa shape index (κ3) is 6.27. The molecule has 0 bridgehead atoms. The zero-order valence-electron chi connectivity index (χ0n) is 16.7. The van der Waals surface area contributed by atoms with Crippen molar-refractivity contribution in [3.8, 4) is 0 Å². The van der Waals surface area contributed by atoms with Crippen molar-refractivity contribution in [3.05, 3.63) is 83.1 Å². The van der Waals surface area contributed by atoms with Gasteiger partial charge in [0.25, 0.3) is 0 Å². The summed E-state index contributed by atoms with van der Waals surface area (Å²) in [5.74, 6) is 1.95. The molecule has 0 spiro atoms. The Bertz CT molecular complexity index is 1050. The molecule has 0 saturated heterocycles. The molecule has 4 rings (SSSR count). The molecule has 1 N–H and O–H groups in total. The van der Waals surface area contributed by atoms with Gasteiger partial charge in [0.05, 0.1) is 16.7 Å². The summed E-state index contributed by atoms with van der Waals surface area (Å²) in [6, 6.07) is 20.6. The quantitative estimate of drug-likeness (QED) is 0.200. The average Bonchev–Trinajstić information content (AvgIpc) is 3.19. The molecule has 154 valence electrons. The lowest BCUT2D eigenvalue weighted by Gasteiger charge is -2.05. The first-order valence-electron chi connectivity index (χ1n) is 10.2. The number of hydrogen-bond acceptors (Lipinski definition) is 4. The number of aromatic nitrogens is 3. The Labute approximate surface area is 191 Å². The largest absolute Gasteiger partial charge is 0.333 e. The zero-order valence-corrected chi connectivity index (χ0v) is 19.1. The number of aromatic amines is 1. The number of nitrogens with zero attached hydrogens (tertiary/aromatic N) is 2. The van der Waals surface area contributed by atoms with E-state index in [1.165, 1.54) is 29.7 Å². The lowest BCUT2D eigenvalue weighted by atomic mass is 10.1. The highest BCUT2D eigenvalue weighted by atomic mass is 35.5. The lowest BCUT2D eigenvalue weighted by molar-refractivity contribution is 0.722. The minimum absolute atomic E-state index is 0.808. The van der Waals surface area contributed by atoms with Crippen LogP contribution in [0.25, 0.3) is 11.0 Å². The number of rotatable bonds is 10. The minimum atomic E-state index is 0.808. The fraction of sp³-hybridized carbons (Fsp3) is 0.250. The van der Waals surface area contributed by atoms with Gasteiger partial charge in [0.2, 0.25) is 0 Å². The summed E-state index contributed by atoms with van der Waals surface area (Å²) >= 11 is 9.55. The van der Waals surface area contributed by atoms with Crippen LogP contribution in [0.15, 0.2) is 76.9 Å². The van der Waals surface area contributed by atoms with Gasteiger partial charge in [-0.25, -0.2) is 4.98 Å². The molecule has 0 saturated carbocycles. The van der Waals surface area contributed by atoms with Crippen molar-refractivity contribution in [1.29, 1.82) is 0 Å². The average molecular weight is 454 g/mol. The molecule has 2 heterocycles. The predicted octanol–water partition coefficient (Wildman–Crippen LogP) is 7.41. The van der Waals surface area contributed by atoms with Crippen molar-refractivity contribution in [1.82, 2.24) is 15.0 Å². The second kappa shape index (κ2) is 10.9. The van der Waals surface area contributed by atoms with Gasteiger partial charge in [0, 0.05) is 21.9 Å². The molecule has 2 aromatic carbocycles. The number of imidazole rings is 1. The summed E-state index contributed by atoms with van der Waals surface area (Å²) in [5, 5.41) is 1.75. The van der Waals surface area contributed by atoms with Crippen molar-refractivity contribution in [2.24, 2.45) is 0 Å². The first-order chi connectivity index (χ1) is 14.8. The van der Waals surface area contributed by atoms with E-state index < -0.39 is 0 Å². The fourth-order valence-electron chi connectivity index (χ4n) is 3.21. The van der Waals surface area contributed by atoms with Crippen LogP contribution in [0.2, 0.25) is 5.02 Å². The van der Waals surface area contributed by atoms with Gasteiger partial charge in [-0.05, 0) is 67.0 Å². The van der Waals surface area contributed by atoms with E-state index in [1.807, 2.05) is 48.3 Å². The van der Waals surface area contributed by atoms with Crippen LogP contribution in [0, 0.1) is 0 Å². The zero-order chi connectivity index (χ0) is 20.6. The molecule has 2 aromatic heterocycles. The molecule has 0 unspecified atom stereocenters. The molecular formula is C24H24ClN3S2. The van der Waals surface area contributed by atoms with E-state index in [0.29, 0.717) is 0 Å². The molecule has 0 aliphatic heterocycles. The van der Waals surface area contributed by atoms with E-state index in [0.717, 1.165) is 44.8 Å². The summed E-state index contributed by atoms with van der Waals surface area (Å²) in [6.07, 6.45) is 6.73. The van der Waals surface area contributed by atoms with Crippen LogP contribution in [0.5, 0.6) is 0 Å². The van der Waals surface area contributed by atoms with Gasteiger partial charge in [0.15, 0.2) is 5.16 Å². The summed E-state index contributed by atoms with van der Waals surface area (Å²) in [4.78, 5) is 13.8. The number of hydrogen-bond donors (Lipinski definition) is 1. The van der Waals surface area contributed by atoms with Crippen molar-refractivity contribution in [2.75, 3.05) is 5.75 Å². The summed E-state index contributed by atoms with van der Waals surface area (Å²) < 4.78 is 0. The maximum absolute atomic E-state index is 5.94. The number of thioether (sulfide) groups is 2. The van der Waals surface area contributed by atoms with Crippen LogP contribution in [-0.4, -0.2) is 20.7 Å². The minimum Gasteiger partial charge on any atom is -0.333 e. The molecule has 0 amide bonds. The molecule has 0 aliphatic rings. The number of benzene rings is 2. The third-order valence-corrected chi connectivity index (χ3v) is 7.04. The van der Waals surface area contributed by atoms with E-state index in [2.05, 4.69) is 45.3 Å². The Morgan fingerprint density at radius 2 is 1.77 bits per heavy atom. The van der Waals surface area contributed by atoms with Crippen LogP contribution < -0.4 is 0 Å². The number of aryl methyl sites for hydroxylation is 1. The van der Waals surface area contributed by atoms with Crippen LogP contribution >= 0.6 is 35.1 Å². The van der Waals surface area contributed by atoms with Crippen LogP contribution in [0.4, 0.5) is 0 Å². The Morgan fingerprint density at radius 3 is 2.63 bits per heavy atom. The lowest BCUT2D eigenvalue weighted by Crippen LogP contribution is -1.89. The third-order valence-electron chi connectivity index (χ3n) is 4.80. The van der Waals surface area contributed by atoms with E-state index in [9.17, 15) is 0 Å². The number of H-pyrrole nitrogens is 1. The molecule has 0 atom stereocenters. The van der Waals surface area contributed by atoms with Crippen molar-refractivity contribution in [2.45, 2.75) is 41.5 Å². The van der Waals surface area contributed by atoms with Gasteiger partial charge in [-0.2, -0.15) is 0 Å². The van der Waals surface area contributed by atoms with Gasteiger partial charge in [-0.15, -0.1) is 11.8 Å². The normalized spacial score (nSPS) is 11.2. The first-order valence-corrected chi connectivity index (χ1v) is 12.5. The Kier molecular flexibility index (Phi) is 7.73. The highest BCUT2D eigenvalue weighted by Gasteiger charge is 2.05. The molecule has 30 heavy (non-hydrogen) atoms. The number of para-hydroxylation sites is 2. The molecular weight excluding hydrogens is 430 g/mol. The molecule has 3 nitrogen and oxygen atoms in total. The summed E-state index contributed by atoms with van der Waals surface area (Å²) in [7, 11) is 0. The molecule has 0 fully saturated rings. The molecule has 6 heteroatoms. The van der Waals surface area contributed by atoms with Gasteiger partial charge < -0.3 is 4.98 Å². The number of pyridine rings is 1. The smallest absolute Gasteiger partial charge is 0.166 e. The second-order valence-electron chi connectivity index (χ2n) is 7.12. The molecule has 4 aromatic rings. The number of halogens is 1. The SMILES string of the molecule is Clc1ccc(CCCCCSc2ccnc(CSc3nc4ccccc4[nH]3)c2)cc1. The van der Waals surface area contributed by atoms with Crippen LogP contribution in [-0.2, 0) is 12.2 Å². The van der Waals surface area contributed by atoms with Gasteiger partial charge >= 0.3 is 0 Å². The van der Waals surface area contributed by atoms with Crippen molar-refractivity contribution >= 4 is 46.2 Å². The fourth-order valence-corrected chi connectivity index (χ4v) is 5.09. The first kappa shape index (κ1) is 21.3. The van der Waals surface area contributed by atoms with Crippen molar-refractivity contribution in [3.63, 3.8) is 0 Å². The van der Waals surface area contributed by atoms with Gasteiger partial charge in [0.1, 0.15) is 0 Å². The standard InChI is InChI=1S/C24H24ClN3S2/c25-19-11-9-18(10-12-19)6-2-1-5-15-29-21-13-14-26-20(16-21)17-30-24-27-22-7-3-4-8-23(22)28-24/h3-4,7-14,16H,1-2,5-6,15,17H2,(H,27,28). The van der Waals surface area contributed by atoms with E-state index >= 15 is 0 Å². The Morgan fingerprint density at radius 1 is 0.900 bits per heavy atom. The van der Waals surface area contributed by atoms with Crippen LogP contribution in [0.3, 0.4) is 0 Å². The summed E-state index contributed by atoms with van der Waals surface area (Å²) in [6.45, 7) is 0. The summed E-state index contributed by atoms with van der Waals surface area (Å²) in [5.41, 5.74) is 4.54. The predicted molar refractivity (Wildman–Crippen MR) is 130 cm³/mol. The highest BCUT2D eigenvalue weighted by Crippen LogP contribution is 2.25. The molecule has 0 radical (unpaired) electrons. The van der Waals surface area contributed by atoms with Gasteiger partial charge in [-0.1, -0.05) is 54.0 Å². The topological polar surface area (TPSA) is 41.6 Å². The number of unbranched alkanes of at least 4 members (excludes halogenated alkanes) is 2. The maximum atomic E-state index is 5.94. The number of fused-ring (bicyclic) bond motifs is 1. The Hall–Kier alpha value is -1.95. The van der Waals surface area contributed by atoms with E-state index in [1.54, 1.807) is 11.8 Å². The highest BCUT2D eigenvalue weighted by molar-refractivity contribution is 7.99. The maximum Gasteiger partial charge on any atom is 0.166 e.